The molecule has 2 nitrogen and oxygen atoms in total. The summed E-state index contributed by atoms with van der Waals surface area (Å²) in [5, 5.41) is 2.33. The fraction of sp³-hybridized carbons (Fsp3) is 0.300. The molecule has 2 aromatic carbocycles. The molecule has 23 heavy (non-hydrogen) atoms. The minimum atomic E-state index is -2.69. The van der Waals surface area contributed by atoms with Gasteiger partial charge in [-0.15, -0.1) is 6.58 Å². The zero-order valence-corrected chi connectivity index (χ0v) is 14.8. The summed E-state index contributed by atoms with van der Waals surface area (Å²) in [6.45, 7) is 8.27. The highest BCUT2D eigenvalue weighted by Crippen LogP contribution is 2.28. The Balaban J connectivity index is 2.10. The zero-order valence-electron chi connectivity index (χ0n) is 13.8. The van der Waals surface area contributed by atoms with Crippen LogP contribution in [0, 0.1) is 5.92 Å². The van der Waals surface area contributed by atoms with Crippen molar-refractivity contribution in [3.8, 4) is 0 Å². The van der Waals surface area contributed by atoms with Gasteiger partial charge in [0, 0.05) is 6.10 Å². The van der Waals surface area contributed by atoms with E-state index >= 15 is 0 Å². The van der Waals surface area contributed by atoms with Crippen molar-refractivity contribution in [2.45, 2.75) is 32.5 Å². The molecule has 0 radical (unpaired) electrons. The van der Waals surface area contributed by atoms with Crippen molar-refractivity contribution in [1.82, 2.24) is 0 Å². The molecule has 120 valence electrons. The Bertz CT molecular complexity index is 602. The lowest BCUT2D eigenvalue weighted by Gasteiger charge is -2.44. The van der Waals surface area contributed by atoms with Gasteiger partial charge >= 0.3 is 8.56 Å². The first kappa shape index (κ1) is 16.2. The van der Waals surface area contributed by atoms with Crippen molar-refractivity contribution in [2.75, 3.05) is 0 Å². The molecule has 2 aromatic rings. The molecule has 1 saturated heterocycles. The number of hydrogen-bond acceptors (Lipinski definition) is 2. The van der Waals surface area contributed by atoms with Crippen LogP contribution in [0.15, 0.2) is 73.3 Å². The fourth-order valence-corrected chi connectivity index (χ4v) is 6.77. The van der Waals surface area contributed by atoms with Crippen LogP contribution >= 0.6 is 0 Å². The lowest BCUT2D eigenvalue weighted by molar-refractivity contribution is 0.00419. The second-order valence-electron chi connectivity index (χ2n) is 6.26. The molecule has 0 saturated carbocycles. The van der Waals surface area contributed by atoms with Gasteiger partial charge in [-0.25, -0.2) is 0 Å². The van der Waals surface area contributed by atoms with Crippen LogP contribution in [0.3, 0.4) is 0 Å². The van der Waals surface area contributed by atoms with E-state index in [9.17, 15) is 0 Å². The fourth-order valence-electron chi connectivity index (χ4n) is 3.18. The summed E-state index contributed by atoms with van der Waals surface area (Å²) in [5.74, 6) is 0.306. The molecule has 0 aliphatic carbocycles. The highest BCUT2D eigenvalue weighted by atomic mass is 28.4. The van der Waals surface area contributed by atoms with Gasteiger partial charge in [-0.1, -0.05) is 73.7 Å². The molecule has 0 aromatic heterocycles. The standard InChI is InChI=1S/C20H24O2Si/c1-4-16(2)20-15-17(3)21-23(22-20,18-11-7-5-8-12-18)19-13-9-6-10-14-19/h4-14,16-17,20H,1,15H2,2-3H3/t16-,17+,20+/m0/s1. The van der Waals surface area contributed by atoms with Crippen molar-refractivity contribution in [1.29, 1.82) is 0 Å². The first-order valence-electron chi connectivity index (χ1n) is 8.25. The summed E-state index contributed by atoms with van der Waals surface area (Å²) >= 11 is 0. The van der Waals surface area contributed by atoms with Crippen LogP contribution in [0.1, 0.15) is 20.3 Å². The van der Waals surface area contributed by atoms with E-state index in [1.807, 2.05) is 18.2 Å². The highest BCUT2D eigenvalue weighted by molar-refractivity contribution is 6.92. The largest absolute Gasteiger partial charge is 0.407 e. The minimum Gasteiger partial charge on any atom is -0.385 e. The molecule has 3 rings (SSSR count). The first-order chi connectivity index (χ1) is 11.2. The Morgan fingerprint density at radius 2 is 1.52 bits per heavy atom. The molecular formula is C20H24O2Si. The zero-order chi connectivity index (χ0) is 16.3. The Kier molecular flexibility index (Phi) is 4.81. The Morgan fingerprint density at radius 3 is 2.00 bits per heavy atom. The van der Waals surface area contributed by atoms with E-state index in [0.29, 0.717) is 5.92 Å². The Hall–Kier alpha value is -1.68. The van der Waals surface area contributed by atoms with Crippen molar-refractivity contribution >= 4 is 18.9 Å². The van der Waals surface area contributed by atoms with E-state index < -0.39 is 8.56 Å². The summed E-state index contributed by atoms with van der Waals surface area (Å²) < 4.78 is 13.3. The molecule has 1 heterocycles. The third-order valence-corrected chi connectivity index (χ3v) is 8.07. The van der Waals surface area contributed by atoms with Crippen LogP contribution in [0.5, 0.6) is 0 Å². The second kappa shape index (κ2) is 6.83. The van der Waals surface area contributed by atoms with Gasteiger partial charge in [-0.2, -0.15) is 0 Å². The van der Waals surface area contributed by atoms with E-state index in [2.05, 4.69) is 69.0 Å². The van der Waals surface area contributed by atoms with Gasteiger partial charge in [0.1, 0.15) is 0 Å². The molecule has 0 amide bonds. The maximum atomic E-state index is 6.71. The van der Waals surface area contributed by atoms with E-state index in [-0.39, 0.29) is 12.2 Å². The SMILES string of the molecule is C=C[C@H](C)[C@H]1C[C@@H](C)O[Si](c2ccccc2)(c2ccccc2)O1. The predicted octanol–water partition coefficient (Wildman–Crippen LogP) is 3.26. The molecule has 1 aliphatic heterocycles. The molecule has 1 aliphatic rings. The predicted molar refractivity (Wildman–Crippen MR) is 97.3 cm³/mol. The van der Waals surface area contributed by atoms with Crippen LogP contribution in [-0.2, 0) is 8.85 Å². The third-order valence-electron chi connectivity index (χ3n) is 4.51. The normalized spacial score (nSPS) is 24.8. The molecule has 0 bridgehead atoms. The summed E-state index contributed by atoms with van der Waals surface area (Å²) in [7, 11) is -2.69. The molecule has 3 heteroatoms. The molecular weight excluding hydrogens is 300 g/mol. The molecule has 0 N–H and O–H groups in total. The van der Waals surface area contributed by atoms with E-state index in [0.717, 1.165) is 6.42 Å². The van der Waals surface area contributed by atoms with Gasteiger partial charge in [-0.3, -0.25) is 0 Å². The molecule has 0 spiro atoms. The summed E-state index contributed by atoms with van der Waals surface area (Å²) in [6.07, 6.45) is 3.20. The molecule has 3 atom stereocenters. The maximum Gasteiger partial charge on any atom is 0.407 e. The van der Waals surface area contributed by atoms with Crippen molar-refractivity contribution in [3.05, 3.63) is 73.3 Å². The van der Waals surface area contributed by atoms with Gasteiger partial charge < -0.3 is 8.85 Å². The van der Waals surface area contributed by atoms with Gasteiger partial charge in [0.2, 0.25) is 0 Å². The van der Waals surface area contributed by atoms with Gasteiger partial charge in [0.05, 0.1) is 6.10 Å². The maximum absolute atomic E-state index is 6.71. The summed E-state index contributed by atoms with van der Waals surface area (Å²) in [4.78, 5) is 0. The van der Waals surface area contributed by atoms with E-state index in [1.165, 1.54) is 10.4 Å². The van der Waals surface area contributed by atoms with E-state index in [1.54, 1.807) is 0 Å². The summed E-state index contributed by atoms with van der Waals surface area (Å²) in [5.41, 5.74) is 0. The van der Waals surface area contributed by atoms with Crippen molar-refractivity contribution < 1.29 is 8.85 Å². The molecule has 0 unspecified atom stereocenters. The monoisotopic (exact) mass is 324 g/mol. The second-order valence-corrected chi connectivity index (χ2v) is 9.12. The average molecular weight is 324 g/mol. The van der Waals surface area contributed by atoms with Gasteiger partial charge in [0.15, 0.2) is 0 Å². The quantitative estimate of drug-likeness (QED) is 0.635. The smallest absolute Gasteiger partial charge is 0.385 e. The van der Waals surface area contributed by atoms with Crippen LogP contribution in [0.4, 0.5) is 0 Å². The lowest BCUT2D eigenvalue weighted by atomic mass is 10.00. The lowest BCUT2D eigenvalue weighted by Crippen LogP contribution is -2.68. The van der Waals surface area contributed by atoms with Crippen molar-refractivity contribution in [3.63, 3.8) is 0 Å². The highest BCUT2D eigenvalue weighted by Gasteiger charge is 2.49. The van der Waals surface area contributed by atoms with Crippen LogP contribution < -0.4 is 10.4 Å². The summed E-state index contributed by atoms with van der Waals surface area (Å²) in [6, 6.07) is 20.8. The van der Waals surface area contributed by atoms with Gasteiger partial charge in [0.25, 0.3) is 0 Å². The van der Waals surface area contributed by atoms with Crippen LogP contribution in [-0.4, -0.2) is 20.8 Å². The number of hydrogen-bond donors (Lipinski definition) is 0. The minimum absolute atomic E-state index is 0.142. The molecule has 1 fully saturated rings. The third kappa shape index (κ3) is 3.18. The topological polar surface area (TPSA) is 18.5 Å². The van der Waals surface area contributed by atoms with Gasteiger partial charge in [-0.05, 0) is 29.6 Å². The van der Waals surface area contributed by atoms with E-state index in [4.69, 9.17) is 8.85 Å². The number of rotatable bonds is 4. The van der Waals surface area contributed by atoms with Crippen molar-refractivity contribution in [2.24, 2.45) is 5.92 Å². The van der Waals surface area contributed by atoms with Crippen LogP contribution in [0.25, 0.3) is 0 Å². The first-order valence-corrected chi connectivity index (χ1v) is 10.1. The Morgan fingerprint density at radius 1 is 1.00 bits per heavy atom. The Labute approximate surface area is 140 Å². The number of benzene rings is 2. The van der Waals surface area contributed by atoms with Crippen LogP contribution in [0.2, 0.25) is 0 Å². The average Bonchev–Trinajstić information content (AvgIpc) is 2.62.